The van der Waals surface area contributed by atoms with E-state index in [4.69, 9.17) is 4.74 Å². The van der Waals surface area contributed by atoms with Crippen molar-refractivity contribution in [3.63, 3.8) is 0 Å². The van der Waals surface area contributed by atoms with Crippen LogP contribution in [0.25, 0.3) is 0 Å². The Labute approximate surface area is 122 Å². The lowest BCUT2D eigenvalue weighted by Gasteiger charge is -2.24. The van der Waals surface area contributed by atoms with Gasteiger partial charge in [0.05, 0.1) is 12.7 Å². The van der Waals surface area contributed by atoms with E-state index in [9.17, 15) is 0 Å². The zero-order valence-corrected chi connectivity index (χ0v) is 12.8. The van der Waals surface area contributed by atoms with E-state index < -0.39 is 0 Å². The van der Waals surface area contributed by atoms with Gasteiger partial charge in [-0.15, -0.1) is 0 Å². The molecule has 110 valence electrons. The zero-order valence-electron chi connectivity index (χ0n) is 12.8. The Hall–Kier alpha value is -0.860. The normalized spacial score (nSPS) is 26.7. The third-order valence-corrected chi connectivity index (χ3v) is 4.88. The molecular weight excluding hydrogens is 246 g/mol. The Kier molecular flexibility index (Phi) is 4.42. The van der Waals surface area contributed by atoms with Crippen molar-refractivity contribution in [2.45, 2.75) is 58.1 Å². The number of ether oxygens (including phenoxy) is 1. The van der Waals surface area contributed by atoms with Gasteiger partial charge in [-0.1, -0.05) is 25.1 Å². The van der Waals surface area contributed by atoms with E-state index in [0.717, 1.165) is 19.6 Å². The summed E-state index contributed by atoms with van der Waals surface area (Å²) in [7, 11) is 0. The van der Waals surface area contributed by atoms with Crippen molar-refractivity contribution in [3.8, 4) is 0 Å². The molecule has 0 bridgehead atoms. The minimum atomic E-state index is 0.432. The third-order valence-electron chi connectivity index (χ3n) is 4.88. The van der Waals surface area contributed by atoms with Crippen LogP contribution in [0.5, 0.6) is 0 Å². The summed E-state index contributed by atoms with van der Waals surface area (Å²) >= 11 is 0. The van der Waals surface area contributed by atoms with Gasteiger partial charge in [0, 0.05) is 12.0 Å². The summed E-state index contributed by atoms with van der Waals surface area (Å²) < 4.78 is 5.76. The first-order valence-corrected chi connectivity index (χ1v) is 8.22. The van der Waals surface area contributed by atoms with E-state index in [1.54, 1.807) is 11.1 Å². The first-order valence-electron chi connectivity index (χ1n) is 8.22. The first kappa shape index (κ1) is 14.1. The summed E-state index contributed by atoms with van der Waals surface area (Å²) in [6, 6.07) is 7.71. The second kappa shape index (κ2) is 6.28. The van der Waals surface area contributed by atoms with Crippen LogP contribution in [0.2, 0.25) is 0 Å². The molecule has 1 heterocycles. The van der Waals surface area contributed by atoms with Gasteiger partial charge in [-0.25, -0.2) is 0 Å². The molecule has 1 N–H and O–H groups in total. The summed E-state index contributed by atoms with van der Waals surface area (Å²) in [4.78, 5) is 0. The standard InChI is InChI=1S/C18H27NO/c1-3-19-18(17-9-13(2)20-12-17)11-14-7-8-15-5-4-6-16(15)10-14/h7-8,10,13,17-19H,3-6,9,11-12H2,1-2H3. The molecule has 3 atom stereocenters. The largest absolute Gasteiger partial charge is 0.378 e. The molecule has 0 aromatic heterocycles. The SMILES string of the molecule is CCNC(Cc1ccc2c(c1)CCC2)C1COC(C)C1. The van der Waals surface area contributed by atoms with Crippen LogP contribution in [0.3, 0.4) is 0 Å². The van der Waals surface area contributed by atoms with Crippen molar-refractivity contribution >= 4 is 0 Å². The predicted molar refractivity (Wildman–Crippen MR) is 83.2 cm³/mol. The number of hydrogen-bond donors (Lipinski definition) is 1. The molecule has 0 saturated carbocycles. The summed E-state index contributed by atoms with van der Waals surface area (Å²) in [6.07, 6.45) is 6.66. The zero-order chi connectivity index (χ0) is 13.9. The molecule has 1 fully saturated rings. The smallest absolute Gasteiger partial charge is 0.0551 e. The molecule has 0 amide bonds. The summed E-state index contributed by atoms with van der Waals surface area (Å²) in [5.74, 6) is 0.665. The van der Waals surface area contributed by atoms with Crippen LogP contribution < -0.4 is 5.32 Å². The minimum absolute atomic E-state index is 0.432. The van der Waals surface area contributed by atoms with Crippen molar-refractivity contribution < 1.29 is 4.74 Å². The van der Waals surface area contributed by atoms with E-state index in [2.05, 4.69) is 37.4 Å². The highest BCUT2D eigenvalue weighted by Gasteiger charge is 2.29. The summed E-state index contributed by atoms with van der Waals surface area (Å²) in [6.45, 7) is 6.36. The number of rotatable bonds is 5. The molecule has 2 aliphatic rings. The molecule has 0 radical (unpaired) electrons. The van der Waals surface area contributed by atoms with Crippen molar-refractivity contribution in [2.75, 3.05) is 13.2 Å². The fourth-order valence-corrected chi connectivity index (χ4v) is 3.80. The molecule has 3 unspecified atom stereocenters. The Bertz CT molecular complexity index is 457. The van der Waals surface area contributed by atoms with E-state index >= 15 is 0 Å². The van der Waals surface area contributed by atoms with Gasteiger partial charge in [0.25, 0.3) is 0 Å². The highest BCUT2D eigenvalue weighted by atomic mass is 16.5. The highest BCUT2D eigenvalue weighted by Crippen LogP contribution is 2.27. The number of fused-ring (bicyclic) bond motifs is 1. The first-order chi connectivity index (χ1) is 9.76. The molecule has 2 nitrogen and oxygen atoms in total. The maximum Gasteiger partial charge on any atom is 0.0551 e. The van der Waals surface area contributed by atoms with Crippen molar-refractivity contribution in [3.05, 3.63) is 34.9 Å². The van der Waals surface area contributed by atoms with Gasteiger partial charge >= 0.3 is 0 Å². The molecule has 1 aromatic carbocycles. The summed E-state index contributed by atoms with van der Waals surface area (Å²) in [5, 5.41) is 3.68. The molecule has 1 saturated heterocycles. The van der Waals surface area contributed by atoms with Crippen molar-refractivity contribution in [2.24, 2.45) is 5.92 Å². The lowest BCUT2D eigenvalue weighted by Crippen LogP contribution is -2.38. The van der Waals surface area contributed by atoms with Crippen molar-refractivity contribution in [1.29, 1.82) is 0 Å². The van der Waals surface area contributed by atoms with Crippen LogP contribution in [-0.4, -0.2) is 25.3 Å². The monoisotopic (exact) mass is 273 g/mol. The number of nitrogens with one attached hydrogen (secondary N) is 1. The Balaban J connectivity index is 1.69. The van der Waals surface area contributed by atoms with Gasteiger partial charge in [0.2, 0.25) is 0 Å². The van der Waals surface area contributed by atoms with Crippen LogP contribution in [0.15, 0.2) is 18.2 Å². The van der Waals surface area contributed by atoms with Gasteiger partial charge in [-0.05, 0) is 62.3 Å². The van der Waals surface area contributed by atoms with Crippen LogP contribution in [0.1, 0.15) is 43.4 Å². The van der Waals surface area contributed by atoms with Crippen LogP contribution >= 0.6 is 0 Å². The number of likely N-dealkylation sites (N-methyl/N-ethyl adjacent to an activating group) is 1. The second-order valence-electron chi connectivity index (χ2n) is 6.46. The van der Waals surface area contributed by atoms with Gasteiger partial charge < -0.3 is 10.1 Å². The Morgan fingerprint density at radius 2 is 2.15 bits per heavy atom. The van der Waals surface area contributed by atoms with Gasteiger partial charge in [0.15, 0.2) is 0 Å². The molecular formula is C18H27NO. The Morgan fingerprint density at radius 1 is 1.30 bits per heavy atom. The predicted octanol–water partition coefficient (Wildman–Crippen LogP) is 3.12. The molecule has 1 aromatic rings. The fraction of sp³-hybridized carbons (Fsp3) is 0.667. The van der Waals surface area contributed by atoms with Gasteiger partial charge in [0.1, 0.15) is 0 Å². The second-order valence-corrected chi connectivity index (χ2v) is 6.46. The highest BCUT2D eigenvalue weighted by molar-refractivity contribution is 5.35. The number of aryl methyl sites for hydroxylation is 2. The minimum Gasteiger partial charge on any atom is -0.378 e. The number of hydrogen-bond acceptors (Lipinski definition) is 2. The molecule has 3 rings (SSSR count). The molecule has 1 aliphatic heterocycles. The average molecular weight is 273 g/mol. The van der Waals surface area contributed by atoms with E-state index in [0.29, 0.717) is 18.1 Å². The van der Waals surface area contributed by atoms with Gasteiger partial charge in [-0.2, -0.15) is 0 Å². The van der Waals surface area contributed by atoms with Crippen LogP contribution in [0.4, 0.5) is 0 Å². The quantitative estimate of drug-likeness (QED) is 0.890. The lowest BCUT2D eigenvalue weighted by atomic mass is 9.90. The van der Waals surface area contributed by atoms with Crippen LogP contribution in [0, 0.1) is 5.92 Å². The fourth-order valence-electron chi connectivity index (χ4n) is 3.80. The average Bonchev–Trinajstić information content (AvgIpc) is 3.06. The number of benzene rings is 1. The van der Waals surface area contributed by atoms with Crippen LogP contribution in [-0.2, 0) is 24.0 Å². The van der Waals surface area contributed by atoms with Crippen molar-refractivity contribution in [1.82, 2.24) is 5.32 Å². The molecule has 1 aliphatic carbocycles. The molecule has 20 heavy (non-hydrogen) atoms. The Morgan fingerprint density at radius 3 is 2.90 bits per heavy atom. The van der Waals surface area contributed by atoms with E-state index in [1.807, 2.05) is 0 Å². The third kappa shape index (κ3) is 3.07. The lowest BCUT2D eigenvalue weighted by molar-refractivity contribution is 0.117. The maximum absolute atomic E-state index is 5.76. The van der Waals surface area contributed by atoms with E-state index in [1.165, 1.54) is 31.2 Å². The van der Waals surface area contributed by atoms with Gasteiger partial charge in [-0.3, -0.25) is 0 Å². The maximum atomic E-state index is 5.76. The summed E-state index contributed by atoms with van der Waals surface area (Å²) in [5.41, 5.74) is 4.66. The van der Waals surface area contributed by atoms with E-state index in [-0.39, 0.29) is 0 Å². The topological polar surface area (TPSA) is 21.3 Å². The molecule has 0 spiro atoms. The molecule has 2 heteroatoms.